The van der Waals surface area contributed by atoms with E-state index in [0.29, 0.717) is 16.9 Å². The summed E-state index contributed by atoms with van der Waals surface area (Å²) in [5, 5.41) is 5.48. The van der Waals surface area contributed by atoms with Gasteiger partial charge >= 0.3 is 6.03 Å². The predicted molar refractivity (Wildman–Crippen MR) is 105 cm³/mol. The molecular formula is C21H21N3O3. The summed E-state index contributed by atoms with van der Waals surface area (Å²) in [6, 6.07) is 19.1. The number of carbonyl (C=O) groups is 2. The van der Waals surface area contributed by atoms with Gasteiger partial charge in [0.1, 0.15) is 5.76 Å². The van der Waals surface area contributed by atoms with Gasteiger partial charge in [0, 0.05) is 24.0 Å². The largest absolute Gasteiger partial charge is 0.467 e. The highest BCUT2D eigenvalue weighted by Gasteiger charge is 2.20. The number of carbonyl (C=O) groups excluding carboxylic acids is 2. The fourth-order valence-corrected chi connectivity index (χ4v) is 2.61. The highest BCUT2D eigenvalue weighted by Crippen LogP contribution is 2.21. The average Bonchev–Trinajstić information content (AvgIpc) is 3.22. The Morgan fingerprint density at radius 2 is 1.52 bits per heavy atom. The fraction of sp³-hybridized carbons (Fsp3) is 0.143. The van der Waals surface area contributed by atoms with Crippen molar-refractivity contribution in [3.8, 4) is 0 Å². The normalized spacial score (nSPS) is 11.5. The van der Waals surface area contributed by atoms with Crippen molar-refractivity contribution >= 4 is 23.3 Å². The van der Waals surface area contributed by atoms with E-state index in [2.05, 4.69) is 10.6 Å². The standard InChI is InChI=1S/C21H21N3O3/c1-15(19-9-6-14-27-19)24(2)20(25)16-10-12-18(13-11-16)23-21(26)22-17-7-4-3-5-8-17/h3-15H,1-2H3,(H2,22,23,26). The number of hydrogen-bond acceptors (Lipinski definition) is 3. The van der Waals surface area contributed by atoms with Crippen LogP contribution in [0.15, 0.2) is 77.4 Å². The summed E-state index contributed by atoms with van der Waals surface area (Å²) in [4.78, 5) is 26.3. The Labute approximate surface area is 157 Å². The minimum absolute atomic E-state index is 0.126. The van der Waals surface area contributed by atoms with Gasteiger partial charge in [0.05, 0.1) is 12.3 Å². The van der Waals surface area contributed by atoms with Crippen molar-refractivity contribution in [2.75, 3.05) is 17.7 Å². The first-order valence-electron chi connectivity index (χ1n) is 8.58. The van der Waals surface area contributed by atoms with E-state index < -0.39 is 0 Å². The quantitative estimate of drug-likeness (QED) is 0.686. The number of rotatable bonds is 5. The van der Waals surface area contributed by atoms with Crippen LogP contribution < -0.4 is 10.6 Å². The third-order valence-corrected chi connectivity index (χ3v) is 4.28. The molecule has 0 aliphatic heterocycles. The molecule has 0 aliphatic carbocycles. The van der Waals surface area contributed by atoms with E-state index in [4.69, 9.17) is 4.42 Å². The number of nitrogens with one attached hydrogen (secondary N) is 2. The van der Waals surface area contributed by atoms with Crippen molar-refractivity contribution in [1.29, 1.82) is 0 Å². The lowest BCUT2D eigenvalue weighted by molar-refractivity contribution is 0.0726. The molecule has 6 heteroatoms. The van der Waals surface area contributed by atoms with Crippen LogP contribution in [0, 0.1) is 0 Å². The molecular weight excluding hydrogens is 342 g/mol. The number of benzene rings is 2. The minimum Gasteiger partial charge on any atom is -0.467 e. The number of para-hydroxylation sites is 1. The molecule has 1 atom stereocenters. The smallest absolute Gasteiger partial charge is 0.323 e. The summed E-state index contributed by atoms with van der Waals surface area (Å²) in [7, 11) is 1.73. The monoisotopic (exact) mass is 363 g/mol. The Kier molecular flexibility index (Phi) is 5.56. The van der Waals surface area contributed by atoms with Gasteiger partial charge in [-0.3, -0.25) is 4.79 Å². The molecule has 3 aromatic rings. The maximum Gasteiger partial charge on any atom is 0.323 e. The molecule has 0 saturated carbocycles. The number of nitrogens with zero attached hydrogens (tertiary/aromatic N) is 1. The van der Waals surface area contributed by atoms with Gasteiger partial charge in [0.15, 0.2) is 0 Å². The third kappa shape index (κ3) is 4.55. The van der Waals surface area contributed by atoms with E-state index in [1.807, 2.05) is 31.2 Å². The van der Waals surface area contributed by atoms with Crippen LogP contribution in [0.25, 0.3) is 0 Å². The van der Waals surface area contributed by atoms with Crippen LogP contribution in [0.2, 0.25) is 0 Å². The number of urea groups is 1. The Bertz CT molecular complexity index is 890. The highest BCUT2D eigenvalue weighted by molar-refractivity contribution is 6.00. The van der Waals surface area contributed by atoms with Crippen LogP contribution in [0.3, 0.4) is 0 Å². The third-order valence-electron chi connectivity index (χ3n) is 4.28. The van der Waals surface area contributed by atoms with Gasteiger partial charge in [0.2, 0.25) is 0 Å². The van der Waals surface area contributed by atoms with Crippen LogP contribution in [-0.4, -0.2) is 23.9 Å². The van der Waals surface area contributed by atoms with E-state index >= 15 is 0 Å². The summed E-state index contributed by atoms with van der Waals surface area (Å²) in [5.74, 6) is 0.598. The van der Waals surface area contributed by atoms with Gasteiger partial charge in [0.25, 0.3) is 5.91 Å². The number of furan rings is 1. The summed E-state index contributed by atoms with van der Waals surface area (Å²) >= 11 is 0. The molecule has 0 spiro atoms. The topological polar surface area (TPSA) is 74.6 Å². The number of hydrogen-bond donors (Lipinski definition) is 2. The van der Waals surface area contributed by atoms with E-state index in [9.17, 15) is 9.59 Å². The van der Waals surface area contributed by atoms with Crippen LogP contribution in [0.1, 0.15) is 29.1 Å². The van der Waals surface area contributed by atoms with E-state index in [1.165, 1.54) is 0 Å². The van der Waals surface area contributed by atoms with Crippen LogP contribution in [0.5, 0.6) is 0 Å². The lowest BCUT2D eigenvalue weighted by Crippen LogP contribution is -2.29. The molecule has 0 radical (unpaired) electrons. The van der Waals surface area contributed by atoms with Crippen molar-refractivity contribution in [2.45, 2.75) is 13.0 Å². The second kappa shape index (κ2) is 8.23. The molecule has 138 valence electrons. The van der Waals surface area contributed by atoms with Gasteiger partial charge in [-0.05, 0) is 55.5 Å². The zero-order valence-electron chi connectivity index (χ0n) is 15.2. The van der Waals surface area contributed by atoms with E-state index in [1.54, 1.807) is 60.7 Å². The molecule has 2 aromatic carbocycles. The highest BCUT2D eigenvalue weighted by atomic mass is 16.3. The van der Waals surface area contributed by atoms with Crippen molar-refractivity contribution in [3.63, 3.8) is 0 Å². The maximum absolute atomic E-state index is 12.6. The van der Waals surface area contributed by atoms with Crippen LogP contribution in [-0.2, 0) is 0 Å². The SMILES string of the molecule is CC(c1ccco1)N(C)C(=O)c1ccc(NC(=O)Nc2ccccc2)cc1. The van der Waals surface area contributed by atoms with E-state index in [0.717, 1.165) is 5.76 Å². The summed E-state index contributed by atoms with van der Waals surface area (Å²) in [5.41, 5.74) is 1.84. The number of anilines is 2. The van der Waals surface area contributed by atoms with Gasteiger partial charge < -0.3 is 20.0 Å². The minimum atomic E-state index is -0.344. The molecule has 1 heterocycles. The molecule has 0 fully saturated rings. The molecule has 6 nitrogen and oxygen atoms in total. The molecule has 1 unspecified atom stereocenters. The number of amides is 3. The molecule has 0 aliphatic rings. The molecule has 3 rings (SSSR count). The van der Waals surface area contributed by atoms with Gasteiger partial charge in [-0.15, -0.1) is 0 Å². The Morgan fingerprint density at radius 1 is 0.889 bits per heavy atom. The Balaban J connectivity index is 1.61. The second-order valence-corrected chi connectivity index (χ2v) is 6.13. The molecule has 3 amide bonds. The van der Waals surface area contributed by atoms with Gasteiger partial charge in [-0.2, -0.15) is 0 Å². The van der Waals surface area contributed by atoms with Gasteiger partial charge in [-0.25, -0.2) is 4.79 Å². The lowest BCUT2D eigenvalue weighted by atomic mass is 10.1. The summed E-state index contributed by atoms with van der Waals surface area (Å²) in [6.07, 6.45) is 1.59. The Morgan fingerprint density at radius 3 is 2.11 bits per heavy atom. The van der Waals surface area contributed by atoms with Crippen molar-refractivity contribution in [2.24, 2.45) is 0 Å². The molecule has 1 aromatic heterocycles. The molecule has 0 bridgehead atoms. The van der Waals surface area contributed by atoms with Crippen molar-refractivity contribution in [3.05, 3.63) is 84.3 Å². The first-order chi connectivity index (χ1) is 13.0. The molecule has 0 saturated heterocycles. The first kappa shape index (κ1) is 18.3. The molecule has 27 heavy (non-hydrogen) atoms. The summed E-state index contributed by atoms with van der Waals surface area (Å²) in [6.45, 7) is 1.90. The Hall–Kier alpha value is -3.54. The fourth-order valence-electron chi connectivity index (χ4n) is 2.61. The zero-order valence-corrected chi connectivity index (χ0v) is 15.2. The average molecular weight is 363 g/mol. The predicted octanol–water partition coefficient (Wildman–Crippen LogP) is 4.76. The van der Waals surface area contributed by atoms with Gasteiger partial charge in [-0.1, -0.05) is 18.2 Å². The van der Waals surface area contributed by atoms with Crippen molar-refractivity contribution < 1.29 is 14.0 Å². The molecule has 2 N–H and O–H groups in total. The second-order valence-electron chi connectivity index (χ2n) is 6.13. The van der Waals surface area contributed by atoms with Crippen molar-refractivity contribution in [1.82, 2.24) is 4.90 Å². The summed E-state index contributed by atoms with van der Waals surface area (Å²) < 4.78 is 5.37. The maximum atomic E-state index is 12.6. The lowest BCUT2D eigenvalue weighted by Gasteiger charge is -2.23. The van der Waals surface area contributed by atoms with Crippen LogP contribution >= 0.6 is 0 Å². The first-order valence-corrected chi connectivity index (χ1v) is 8.58. The van der Waals surface area contributed by atoms with Crippen LogP contribution in [0.4, 0.5) is 16.2 Å². The van der Waals surface area contributed by atoms with E-state index in [-0.39, 0.29) is 18.0 Å². The zero-order chi connectivity index (χ0) is 19.2.